The van der Waals surface area contributed by atoms with Crippen LogP contribution in [0.25, 0.3) is 0 Å². The fourth-order valence-electron chi connectivity index (χ4n) is 3.45. The van der Waals surface area contributed by atoms with E-state index >= 15 is 0 Å². The monoisotopic (exact) mass is 360 g/mol. The number of piperidine rings is 1. The van der Waals surface area contributed by atoms with Crippen molar-refractivity contribution in [2.45, 2.75) is 45.2 Å². The number of nitrogens with two attached hydrogens (primary N) is 1. The maximum absolute atomic E-state index is 13.4. The van der Waals surface area contributed by atoms with E-state index in [1.165, 1.54) is 12.1 Å². The van der Waals surface area contributed by atoms with Gasteiger partial charge in [-0.15, -0.1) is 5.10 Å². The number of tetrazole rings is 1. The zero-order valence-corrected chi connectivity index (χ0v) is 15.4. The third kappa shape index (κ3) is 3.75. The maximum Gasteiger partial charge on any atom is 0.220 e. The first-order chi connectivity index (χ1) is 12.3. The highest BCUT2D eigenvalue weighted by Gasteiger charge is 2.34. The molecule has 1 fully saturated rings. The Labute approximate surface area is 152 Å². The number of aromatic nitrogens is 4. The molecule has 8 heteroatoms. The van der Waals surface area contributed by atoms with Gasteiger partial charge >= 0.3 is 0 Å². The fraction of sp³-hybridized carbons (Fsp3) is 0.556. The molecule has 2 heterocycles. The number of carbonyl (C=O) groups excluding carboxylic acids is 1. The second kappa shape index (κ2) is 7.11. The molecule has 1 amide bonds. The van der Waals surface area contributed by atoms with Gasteiger partial charge in [-0.3, -0.25) is 9.69 Å². The molecule has 0 aliphatic carbocycles. The molecule has 2 aromatic rings. The molecule has 0 spiro atoms. The summed E-state index contributed by atoms with van der Waals surface area (Å²) in [5.74, 6) is 0.0817. The van der Waals surface area contributed by atoms with Crippen LogP contribution in [0.3, 0.4) is 0 Å². The SMILES string of the molecule is CC(C)(C)n1nnnc1[C@H](c1ccc(F)cc1)N1CCC(C(N)=O)CC1. The van der Waals surface area contributed by atoms with Crippen molar-refractivity contribution < 1.29 is 9.18 Å². The molecule has 1 saturated heterocycles. The number of carbonyl (C=O) groups is 1. The molecular weight excluding hydrogens is 335 g/mol. The first kappa shape index (κ1) is 18.4. The van der Waals surface area contributed by atoms with E-state index in [9.17, 15) is 9.18 Å². The standard InChI is InChI=1S/C18H25FN6O/c1-18(2,3)25-17(21-22-23-25)15(12-4-6-14(19)7-5-12)24-10-8-13(9-11-24)16(20)26/h4-7,13,15H,8-11H2,1-3H3,(H2,20,26)/t15-/m0/s1. The van der Waals surface area contributed by atoms with E-state index in [0.717, 1.165) is 5.56 Å². The molecular formula is C18H25FN6O. The Hall–Kier alpha value is -2.35. The quantitative estimate of drug-likeness (QED) is 0.899. The molecule has 140 valence electrons. The lowest BCUT2D eigenvalue weighted by molar-refractivity contribution is -0.123. The Balaban J connectivity index is 1.97. The molecule has 1 aromatic heterocycles. The van der Waals surface area contributed by atoms with Crippen molar-refractivity contribution in [3.05, 3.63) is 41.5 Å². The van der Waals surface area contributed by atoms with Gasteiger partial charge in [0.25, 0.3) is 0 Å². The minimum absolute atomic E-state index is 0.0984. The molecule has 7 nitrogen and oxygen atoms in total. The molecule has 1 aromatic carbocycles. The van der Waals surface area contributed by atoms with Crippen LogP contribution >= 0.6 is 0 Å². The molecule has 26 heavy (non-hydrogen) atoms. The second-order valence-corrected chi connectivity index (χ2v) is 7.79. The minimum atomic E-state index is -0.289. The summed E-state index contributed by atoms with van der Waals surface area (Å²) in [5, 5.41) is 12.3. The average Bonchev–Trinajstić information content (AvgIpc) is 3.07. The molecule has 0 unspecified atom stereocenters. The average molecular weight is 360 g/mol. The van der Waals surface area contributed by atoms with E-state index in [-0.39, 0.29) is 29.2 Å². The summed E-state index contributed by atoms with van der Waals surface area (Å²) in [7, 11) is 0. The number of benzene rings is 1. The van der Waals surface area contributed by atoms with E-state index in [2.05, 4.69) is 20.4 Å². The Morgan fingerprint density at radius 3 is 2.38 bits per heavy atom. The molecule has 0 saturated carbocycles. The van der Waals surface area contributed by atoms with Crippen LogP contribution in [0.2, 0.25) is 0 Å². The Bertz CT molecular complexity index is 759. The summed E-state index contributed by atoms with van der Waals surface area (Å²) in [6.45, 7) is 7.51. The van der Waals surface area contributed by atoms with Crippen molar-refractivity contribution in [3.63, 3.8) is 0 Å². The van der Waals surface area contributed by atoms with Gasteiger partial charge in [-0.25, -0.2) is 9.07 Å². The largest absolute Gasteiger partial charge is 0.369 e. The molecule has 0 radical (unpaired) electrons. The zero-order valence-electron chi connectivity index (χ0n) is 15.4. The van der Waals surface area contributed by atoms with Crippen LogP contribution in [-0.2, 0) is 10.3 Å². The van der Waals surface area contributed by atoms with E-state index in [0.29, 0.717) is 31.8 Å². The van der Waals surface area contributed by atoms with E-state index in [4.69, 9.17) is 5.73 Å². The van der Waals surface area contributed by atoms with Gasteiger partial charge in [0.1, 0.15) is 5.82 Å². The van der Waals surface area contributed by atoms with Gasteiger partial charge in [0, 0.05) is 5.92 Å². The Kier molecular flexibility index (Phi) is 5.04. The number of halogens is 1. The van der Waals surface area contributed by atoms with Crippen molar-refractivity contribution >= 4 is 5.91 Å². The van der Waals surface area contributed by atoms with Crippen molar-refractivity contribution in [1.82, 2.24) is 25.1 Å². The Morgan fingerprint density at radius 1 is 1.23 bits per heavy atom. The topological polar surface area (TPSA) is 89.9 Å². The van der Waals surface area contributed by atoms with Crippen LogP contribution in [-0.4, -0.2) is 44.1 Å². The van der Waals surface area contributed by atoms with Crippen LogP contribution in [0.5, 0.6) is 0 Å². The summed E-state index contributed by atoms with van der Waals surface area (Å²) in [4.78, 5) is 13.7. The number of primary amides is 1. The smallest absolute Gasteiger partial charge is 0.220 e. The van der Waals surface area contributed by atoms with Crippen molar-refractivity contribution in [1.29, 1.82) is 0 Å². The first-order valence-corrected chi connectivity index (χ1v) is 8.85. The first-order valence-electron chi connectivity index (χ1n) is 8.85. The number of hydrogen-bond acceptors (Lipinski definition) is 5. The predicted octanol–water partition coefficient (Wildman–Crippen LogP) is 1.85. The normalized spacial score (nSPS) is 18.0. The van der Waals surface area contributed by atoms with Crippen LogP contribution in [0.15, 0.2) is 24.3 Å². The van der Waals surface area contributed by atoms with Crippen molar-refractivity contribution in [3.8, 4) is 0 Å². The summed E-state index contributed by atoms with van der Waals surface area (Å²) in [5.41, 5.74) is 6.09. The van der Waals surface area contributed by atoms with Gasteiger partial charge < -0.3 is 5.73 Å². The Morgan fingerprint density at radius 2 is 1.85 bits per heavy atom. The summed E-state index contributed by atoms with van der Waals surface area (Å²) in [6, 6.07) is 6.22. The van der Waals surface area contributed by atoms with Gasteiger partial charge in [0.15, 0.2) is 5.82 Å². The molecule has 1 atom stereocenters. The van der Waals surface area contributed by atoms with E-state index in [1.54, 1.807) is 16.8 Å². The summed E-state index contributed by atoms with van der Waals surface area (Å²) in [6.07, 6.45) is 1.40. The van der Waals surface area contributed by atoms with Gasteiger partial charge in [-0.1, -0.05) is 12.1 Å². The summed E-state index contributed by atoms with van der Waals surface area (Å²) < 4.78 is 15.2. The van der Waals surface area contributed by atoms with Gasteiger partial charge in [0.2, 0.25) is 5.91 Å². The van der Waals surface area contributed by atoms with Gasteiger partial charge in [-0.2, -0.15) is 0 Å². The van der Waals surface area contributed by atoms with Crippen LogP contribution in [0.4, 0.5) is 4.39 Å². The predicted molar refractivity (Wildman–Crippen MR) is 94.5 cm³/mol. The number of hydrogen-bond donors (Lipinski definition) is 1. The molecule has 1 aliphatic heterocycles. The highest BCUT2D eigenvalue weighted by molar-refractivity contribution is 5.76. The van der Waals surface area contributed by atoms with Gasteiger partial charge in [-0.05, 0) is 74.8 Å². The second-order valence-electron chi connectivity index (χ2n) is 7.79. The molecule has 1 aliphatic rings. The fourth-order valence-corrected chi connectivity index (χ4v) is 3.45. The van der Waals surface area contributed by atoms with Crippen LogP contribution < -0.4 is 5.73 Å². The van der Waals surface area contributed by atoms with E-state index < -0.39 is 0 Å². The lowest BCUT2D eigenvalue weighted by Gasteiger charge is -2.37. The number of amides is 1. The van der Waals surface area contributed by atoms with Crippen LogP contribution in [0.1, 0.15) is 51.0 Å². The molecule has 2 N–H and O–H groups in total. The maximum atomic E-state index is 13.4. The number of likely N-dealkylation sites (tertiary alicyclic amines) is 1. The van der Waals surface area contributed by atoms with E-state index in [1.807, 2.05) is 20.8 Å². The molecule has 0 bridgehead atoms. The van der Waals surface area contributed by atoms with Gasteiger partial charge in [0.05, 0.1) is 11.6 Å². The summed E-state index contributed by atoms with van der Waals surface area (Å²) >= 11 is 0. The lowest BCUT2D eigenvalue weighted by atomic mass is 9.93. The van der Waals surface area contributed by atoms with Crippen molar-refractivity contribution in [2.75, 3.05) is 13.1 Å². The lowest BCUT2D eigenvalue weighted by Crippen LogP contribution is -2.42. The number of nitrogens with zero attached hydrogens (tertiary/aromatic N) is 5. The zero-order chi connectivity index (χ0) is 18.9. The highest BCUT2D eigenvalue weighted by atomic mass is 19.1. The third-order valence-electron chi connectivity index (χ3n) is 4.86. The van der Waals surface area contributed by atoms with Crippen molar-refractivity contribution in [2.24, 2.45) is 11.7 Å². The number of rotatable bonds is 4. The highest BCUT2D eigenvalue weighted by Crippen LogP contribution is 2.32. The minimum Gasteiger partial charge on any atom is -0.369 e. The third-order valence-corrected chi connectivity index (χ3v) is 4.86. The van der Waals surface area contributed by atoms with Crippen LogP contribution in [0, 0.1) is 11.7 Å². The molecule has 3 rings (SSSR count).